The third-order valence-corrected chi connectivity index (χ3v) is 8.78. The number of thiazole rings is 1. The number of hydrogen-bond donors (Lipinski definition) is 1. The summed E-state index contributed by atoms with van der Waals surface area (Å²) in [5.41, 5.74) is 2.39. The number of aromatic nitrogens is 1. The van der Waals surface area contributed by atoms with Gasteiger partial charge in [0.1, 0.15) is 6.61 Å². The molecule has 49 heavy (non-hydrogen) atoms. The third kappa shape index (κ3) is 7.50. The normalized spacial score (nSPS) is 14.3. The molecule has 0 amide bonds. The Bertz CT molecular complexity index is 2120. The van der Waals surface area contributed by atoms with Crippen LogP contribution in [0.15, 0.2) is 75.7 Å². The number of fused-ring (bicyclic) bond motifs is 1. The first-order chi connectivity index (χ1) is 23.4. The molecule has 4 aromatic rings. The number of carboxylic acid groups (broad SMARTS) is 1. The molecule has 0 bridgehead atoms. The summed E-state index contributed by atoms with van der Waals surface area (Å²) < 4.78 is 30.3. The van der Waals surface area contributed by atoms with Crippen LogP contribution in [-0.4, -0.2) is 48.5 Å². The zero-order valence-electron chi connectivity index (χ0n) is 27.7. The summed E-state index contributed by atoms with van der Waals surface area (Å²) in [5.74, 6) is 0.0149. The van der Waals surface area contributed by atoms with Crippen LogP contribution in [0.5, 0.6) is 23.0 Å². The van der Waals surface area contributed by atoms with Crippen molar-refractivity contribution in [1.29, 1.82) is 0 Å². The second-order valence-electron chi connectivity index (χ2n) is 11.2. The SMILES string of the molecule is CCOC(=O)C1=C(C)N=c2s/c(=C\c3cc(Cl)c(OCc4ccc(C(=O)O)cc4)c(OC)c3)c(=O)n2[C@H]1c1ccc(OC(C)C)c(OC)c1. The Morgan fingerprint density at radius 2 is 1.76 bits per heavy atom. The number of esters is 1. The summed E-state index contributed by atoms with van der Waals surface area (Å²) in [6.07, 6.45) is 1.58. The molecule has 3 aromatic carbocycles. The number of allylic oxidation sites excluding steroid dienone is 1. The topological polar surface area (TPSA) is 135 Å². The average molecular weight is 707 g/mol. The minimum atomic E-state index is -1.02. The van der Waals surface area contributed by atoms with Crippen LogP contribution in [0.25, 0.3) is 6.08 Å². The highest BCUT2D eigenvalue weighted by molar-refractivity contribution is 7.07. The summed E-state index contributed by atoms with van der Waals surface area (Å²) in [4.78, 5) is 43.7. The third-order valence-electron chi connectivity index (χ3n) is 7.52. The molecule has 2 heterocycles. The van der Waals surface area contributed by atoms with Crippen molar-refractivity contribution in [3.63, 3.8) is 0 Å². The van der Waals surface area contributed by atoms with Gasteiger partial charge in [0.15, 0.2) is 27.8 Å². The minimum Gasteiger partial charge on any atom is -0.493 e. The zero-order chi connectivity index (χ0) is 35.4. The highest BCUT2D eigenvalue weighted by atomic mass is 35.5. The van der Waals surface area contributed by atoms with Crippen LogP contribution in [0.3, 0.4) is 0 Å². The number of carbonyl (C=O) groups excluding carboxylic acids is 1. The van der Waals surface area contributed by atoms with E-state index < -0.39 is 18.0 Å². The van der Waals surface area contributed by atoms with E-state index in [1.54, 1.807) is 62.4 Å². The van der Waals surface area contributed by atoms with Gasteiger partial charge in [-0.15, -0.1) is 0 Å². The molecule has 5 rings (SSSR count). The van der Waals surface area contributed by atoms with Gasteiger partial charge < -0.3 is 28.8 Å². The minimum absolute atomic E-state index is 0.0970. The van der Waals surface area contributed by atoms with E-state index in [-0.39, 0.29) is 41.0 Å². The van der Waals surface area contributed by atoms with Crippen LogP contribution in [0, 0.1) is 0 Å². The number of carbonyl (C=O) groups is 2. The molecule has 0 saturated carbocycles. The van der Waals surface area contributed by atoms with Gasteiger partial charge in [-0.25, -0.2) is 14.6 Å². The molecule has 0 unspecified atom stereocenters. The lowest BCUT2D eigenvalue weighted by Gasteiger charge is -2.25. The zero-order valence-corrected chi connectivity index (χ0v) is 29.3. The largest absolute Gasteiger partial charge is 0.493 e. The van der Waals surface area contributed by atoms with E-state index in [0.29, 0.717) is 49.2 Å². The molecule has 0 fully saturated rings. The maximum absolute atomic E-state index is 14.2. The fourth-order valence-corrected chi connectivity index (χ4v) is 6.65. The van der Waals surface area contributed by atoms with E-state index in [1.807, 2.05) is 13.8 Å². The van der Waals surface area contributed by atoms with E-state index >= 15 is 0 Å². The van der Waals surface area contributed by atoms with E-state index in [9.17, 15) is 14.4 Å². The summed E-state index contributed by atoms with van der Waals surface area (Å²) in [6.45, 7) is 7.51. The van der Waals surface area contributed by atoms with E-state index in [2.05, 4.69) is 4.99 Å². The molecule has 0 aliphatic carbocycles. The van der Waals surface area contributed by atoms with Crippen molar-refractivity contribution < 1.29 is 38.4 Å². The van der Waals surface area contributed by atoms with Crippen LogP contribution in [0.4, 0.5) is 0 Å². The second kappa shape index (κ2) is 15.0. The summed E-state index contributed by atoms with van der Waals surface area (Å²) in [5, 5.41) is 9.39. The number of ether oxygens (including phenoxy) is 5. The highest BCUT2D eigenvalue weighted by Crippen LogP contribution is 2.38. The Kier molecular flexibility index (Phi) is 10.8. The van der Waals surface area contributed by atoms with E-state index in [0.717, 1.165) is 5.56 Å². The number of aromatic carboxylic acids is 1. The average Bonchev–Trinajstić information content (AvgIpc) is 3.37. The molecule has 1 aliphatic heterocycles. The lowest BCUT2D eigenvalue weighted by atomic mass is 9.95. The quantitative estimate of drug-likeness (QED) is 0.189. The first-order valence-electron chi connectivity index (χ1n) is 15.3. The van der Waals surface area contributed by atoms with Crippen molar-refractivity contribution in [1.82, 2.24) is 4.57 Å². The molecular formula is C36H35ClN2O9S. The van der Waals surface area contributed by atoms with Crippen LogP contribution in [0.1, 0.15) is 60.8 Å². The Balaban J connectivity index is 1.56. The maximum atomic E-state index is 14.2. The van der Waals surface area contributed by atoms with Crippen molar-refractivity contribution >= 4 is 41.0 Å². The Morgan fingerprint density at radius 1 is 1.04 bits per heavy atom. The number of carboxylic acids is 1. The number of methoxy groups -OCH3 is 2. The fraction of sp³-hybridized carbons (Fsp3) is 0.278. The molecule has 0 spiro atoms. The van der Waals surface area contributed by atoms with Crippen LogP contribution in [-0.2, 0) is 16.1 Å². The van der Waals surface area contributed by atoms with Crippen molar-refractivity contribution in [3.05, 3.63) is 113 Å². The van der Waals surface area contributed by atoms with Gasteiger partial charge in [-0.1, -0.05) is 41.1 Å². The first kappa shape index (κ1) is 35.2. The maximum Gasteiger partial charge on any atom is 0.338 e. The molecule has 1 aliphatic rings. The van der Waals surface area contributed by atoms with E-state index in [4.69, 9.17) is 40.4 Å². The summed E-state index contributed by atoms with van der Waals surface area (Å²) >= 11 is 7.82. The molecule has 13 heteroatoms. The molecule has 256 valence electrons. The van der Waals surface area contributed by atoms with E-state index in [1.165, 1.54) is 42.3 Å². The number of nitrogens with zero attached hydrogens (tertiary/aromatic N) is 2. The number of halogens is 1. The molecule has 1 aromatic heterocycles. The Morgan fingerprint density at radius 3 is 2.39 bits per heavy atom. The van der Waals surface area contributed by atoms with Crippen LogP contribution >= 0.6 is 22.9 Å². The smallest absolute Gasteiger partial charge is 0.338 e. The van der Waals surface area contributed by atoms with Crippen molar-refractivity contribution in [2.75, 3.05) is 20.8 Å². The number of benzene rings is 3. The van der Waals surface area contributed by atoms with Crippen molar-refractivity contribution in [2.45, 2.75) is 46.4 Å². The molecule has 1 N–H and O–H groups in total. The highest BCUT2D eigenvalue weighted by Gasteiger charge is 2.34. The van der Waals surface area contributed by atoms with Crippen molar-refractivity contribution in [2.24, 2.45) is 4.99 Å². The molecule has 11 nitrogen and oxygen atoms in total. The monoisotopic (exact) mass is 706 g/mol. The van der Waals surface area contributed by atoms with Crippen LogP contribution < -0.4 is 33.8 Å². The second-order valence-corrected chi connectivity index (χ2v) is 12.6. The predicted octanol–water partition coefficient (Wildman–Crippen LogP) is 5.53. The van der Waals surface area contributed by atoms with Gasteiger partial charge in [0.25, 0.3) is 5.56 Å². The van der Waals surface area contributed by atoms with Gasteiger partial charge in [0.2, 0.25) is 0 Å². The number of hydrogen-bond acceptors (Lipinski definition) is 10. The molecule has 1 atom stereocenters. The van der Waals surface area contributed by atoms with Gasteiger partial charge in [-0.3, -0.25) is 9.36 Å². The number of rotatable bonds is 12. The summed E-state index contributed by atoms with van der Waals surface area (Å²) in [6, 6.07) is 14.1. The Hall–Kier alpha value is -5.07. The molecular weight excluding hydrogens is 672 g/mol. The Labute approximate surface area is 291 Å². The van der Waals surface area contributed by atoms with Crippen molar-refractivity contribution in [3.8, 4) is 23.0 Å². The van der Waals surface area contributed by atoms with Gasteiger partial charge in [0, 0.05) is 0 Å². The molecule has 0 saturated heterocycles. The first-order valence-corrected chi connectivity index (χ1v) is 16.5. The standard InChI is InChI=1S/C36H35ClN2O9S/c1-7-46-35(43)30-20(4)38-36-39(31(30)24-12-13-26(48-19(2)3)27(17-24)44-5)33(40)29(49-36)16-22-14-25(37)32(28(15-22)45-6)47-18-21-8-10-23(11-9-21)34(41)42/h8-17,19,31H,7,18H2,1-6H3,(H,41,42)/b29-16-/t31-/m0/s1. The lowest BCUT2D eigenvalue weighted by molar-refractivity contribution is -0.139. The molecule has 0 radical (unpaired) electrons. The van der Waals surface area contributed by atoms with Gasteiger partial charge in [0.05, 0.1) is 59.4 Å². The predicted molar refractivity (Wildman–Crippen MR) is 185 cm³/mol. The van der Waals surface area contributed by atoms with Gasteiger partial charge in [-0.05, 0) is 86.9 Å². The van der Waals surface area contributed by atoms with Crippen LogP contribution in [0.2, 0.25) is 5.02 Å². The van der Waals surface area contributed by atoms with Gasteiger partial charge in [-0.2, -0.15) is 0 Å². The summed E-state index contributed by atoms with van der Waals surface area (Å²) in [7, 11) is 3.00. The lowest BCUT2D eigenvalue weighted by Crippen LogP contribution is -2.40. The fourth-order valence-electron chi connectivity index (χ4n) is 5.33. The van der Waals surface area contributed by atoms with Gasteiger partial charge >= 0.3 is 11.9 Å².